The van der Waals surface area contributed by atoms with Crippen molar-refractivity contribution in [1.82, 2.24) is 79.7 Å². The number of nitrogens with zero attached hydrogens (tertiary/aromatic N) is 18. The van der Waals surface area contributed by atoms with Crippen molar-refractivity contribution in [2.45, 2.75) is 107 Å². The van der Waals surface area contributed by atoms with Crippen molar-refractivity contribution in [3.8, 4) is 68.5 Å². The number of hydrogen-bond acceptors (Lipinski definition) is 26. The molecule has 0 spiro atoms. The minimum absolute atomic E-state index is 0.403. The molecule has 0 amide bonds. The molecule has 0 unspecified atom stereocenters. The first kappa shape index (κ1) is 72.3. The maximum atomic E-state index is 6.65. The molecule has 0 aliphatic carbocycles. The Kier molecular flexibility index (Phi) is 19.6. The fourth-order valence-corrected chi connectivity index (χ4v) is 17.7. The summed E-state index contributed by atoms with van der Waals surface area (Å²) in [6.07, 6.45) is 9.83. The molecule has 562 valence electrons. The number of thiazole rings is 4. The predicted octanol–water partition coefficient (Wildman–Crippen LogP) is 10.9. The Balaban J connectivity index is 0.742. The molecular weight excluding hydrogens is 1490 g/mol. The average Bonchev–Trinajstić information content (AvgIpc) is 1.60. The van der Waals surface area contributed by atoms with E-state index in [4.69, 9.17) is 71.8 Å². The first-order chi connectivity index (χ1) is 54.3. The SMILES string of the molecule is Cc1ncc(C[n+]2csc(CCOc3ccc4c(c3)-c3nc-4nc4[nH]c(nc5nc(nc6[nH]c(n3)c3ccc(OCCc7sc[n+](Cc8cnc(C)nc8N)c7C)cc63)-c3ccc(OCCc6sc[n+](Cc7cnc(C)nc7N)c6C)cc3-5)c3ccc(OCCc5sc[n+](Cc6cnc(C)nc6N)c5C)cc43)c2C)c(N)n1. The van der Waals surface area contributed by atoms with E-state index in [1.54, 1.807) is 70.1 Å². The second kappa shape index (κ2) is 30.4. The van der Waals surface area contributed by atoms with Crippen LogP contribution in [0, 0.1) is 55.4 Å². The van der Waals surface area contributed by atoms with Gasteiger partial charge in [-0.15, -0.1) is 0 Å². The van der Waals surface area contributed by atoms with Crippen molar-refractivity contribution in [2.75, 3.05) is 49.4 Å². The fraction of sp³-hybridized carbons (Fsp3) is 0.250. The zero-order chi connectivity index (χ0) is 77.0. The number of aromatic nitrogens is 20. The van der Waals surface area contributed by atoms with Crippen LogP contribution in [0.1, 0.15) is 87.8 Å². The number of benzene rings is 4. The van der Waals surface area contributed by atoms with E-state index < -0.39 is 0 Å². The number of hydrogen-bond donors (Lipinski definition) is 6. The predicted molar refractivity (Wildman–Crippen MR) is 431 cm³/mol. The van der Waals surface area contributed by atoms with Crippen molar-refractivity contribution in [3.63, 3.8) is 0 Å². The number of ether oxygens (including phenoxy) is 4. The molecule has 8 bridgehead atoms. The second-order valence-corrected chi connectivity index (χ2v) is 31.3. The molecule has 15 aromatic rings. The lowest BCUT2D eigenvalue weighted by Gasteiger charge is -2.07. The lowest BCUT2D eigenvalue weighted by atomic mass is 10.1. The number of nitrogens with one attached hydrogen (secondary N) is 2. The van der Waals surface area contributed by atoms with Gasteiger partial charge in [0.1, 0.15) is 92.2 Å². The van der Waals surface area contributed by atoms with Gasteiger partial charge in [-0.2, -0.15) is 18.3 Å². The molecule has 2 aliphatic heterocycles. The van der Waals surface area contributed by atoms with Crippen LogP contribution in [0.3, 0.4) is 0 Å². The van der Waals surface area contributed by atoms with Crippen LogP contribution >= 0.6 is 45.3 Å². The van der Waals surface area contributed by atoms with E-state index in [9.17, 15) is 0 Å². The summed E-state index contributed by atoms with van der Waals surface area (Å²) >= 11 is 6.70. The standard InChI is InChI=1S/C80H78N24O4S4/c1-41-65(109-37-101(41)33-49-29-85-45(5)89-69(49)81)17-21-105-53-9-13-57-61(25-53)77-93-73(57)98-78-63-27-55(107-23-19-67-43(3)103(39-111-67)35-51-31-87-47(7)91-71(51)83)11-15-59(63)75(95-78)100-80-64-28-56(108-24-20-68-44(4)104(40-112-68)36-52-32-88-48(8)92-72(52)84)12-16-60(64)76(96-80)99-79-62-26-54(10-14-58(62)74(94-79)97-77)106-22-18-66-42(2)102(38-110-66)34-50-30-86-46(6)90-70(50)82/h9-16,25-32,37-40H,17-24,33-36H2,1-8H3,(H2,81,85,89)(H2,82,86,90)(H2,83,87,91)(H2,84,88,92)(H2,93,94,95,96,97,98,99,100)/q+4. The van der Waals surface area contributed by atoms with E-state index in [1.807, 2.05) is 100 Å². The minimum atomic E-state index is 0.403. The van der Waals surface area contributed by atoms with Crippen LogP contribution in [0.5, 0.6) is 23.0 Å². The van der Waals surface area contributed by atoms with E-state index >= 15 is 0 Å². The van der Waals surface area contributed by atoms with Crippen LogP contribution in [0.25, 0.3) is 89.7 Å². The second-order valence-electron chi connectivity index (χ2n) is 27.6. The molecule has 11 aromatic heterocycles. The number of aromatic amines is 2. The van der Waals surface area contributed by atoms with Gasteiger partial charge in [-0.1, -0.05) is 45.3 Å². The average molecular weight is 1570 g/mol. The van der Waals surface area contributed by atoms with Crippen LogP contribution in [0.2, 0.25) is 0 Å². The molecular formula is C80H78N24O4S4+4. The number of nitrogens with two attached hydrogens (primary N) is 4. The summed E-state index contributed by atoms with van der Waals surface area (Å²) in [6.45, 7) is 19.6. The summed E-state index contributed by atoms with van der Waals surface area (Å²) in [6, 6.07) is 23.8. The van der Waals surface area contributed by atoms with E-state index in [-0.39, 0.29) is 0 Å². The number of aryl methyl sites for hydroxylation is 4. The Morgan fingerprint density at radius 1 is 0.312 bits per heavy atom. The van der Waals surface area contributed by atoms with Crippen molar-refractivity contribution < 1.29 is 37.2 Å². The highest BCUT2D eigenvalue weighted by Gasteiger charge is 2.28. The zero-order valence-corrected chi connectivity index (χ0v) is 65.9. The highest BCUT2D eigenvalue weighted by Crippen LogP contribution is 2.41. The Bertz CT molecular complexity index is 6020. The van der Waals surface area contributed by atoms with E-state index in [2.05, 4.69) is 118 Å². The summed E-state index contributed by atoms with van der Waals surface area (Å²) in [5.74, 6) is 8.66. The summed E-state index contributed by atoms with van der Waals surface area (Å²) < 4.78 is 35.3. The highest BCUT2D eigenvalue weighted by atomic mass is 32.1. The summed E-state index contributed by atoms with van der Waals surface area (Å²) in [5, 5.41) is 3.03. The van der Waals surface area contributed by atoms with Crippen molar-refractivity contribution in [2.24, 2.45) is 0 Å². The van der Waals surface area contributed by atoms with Gasteiger partial charge in [0.15, 0.2) is 72.3 Å². The van der Waals surface area contributed by atoms with Crippen LogP contribution in [-0.4, -0.2) is 106 Å². The Hall–Kier alpha value is -12.5. The molecule has 4 aromatic carbocycles. The molecule has 28 nitrogen and oxygen atoms in total. The first-order valence-corrected chi connectivity index (χ1v) is 39.9. The van der Waals surface area contributed by atoms with Crippen molar-refractivity contribution in [3.05, 3.63) is 207 Å². The highest BCUT2D eigenvalue weighted by molar-refractivity contribution is 7.10. The first-order valence-electron chi connectivity index (χ1n) is 36.4. The molecule has 0 radical (unpaired) electrons. The maximum absolute atomic E-state index is 6.65. The molecule has 0 fully saturated rings. The van der Waals surface area contributed by atoms with Gasteiger partial charge in [0.2, 0.25) is 22.0 Å². The number of anilines is 4. The third kappa shape index (κ3) is 14.8. The lowest BCUT2D eigenvalue weighted by molar-refractivity contribution is -0.689. The molecule has 0 atom stereocenters. The number of nitrogen functional groups attached to an aromatic ring is 4. The third-order valence-electron chi connectivity index (χ3n) is 20.2. The van der Waals surface area contributed by atoms with Gasteiger partial charge in [-0.05, 0) is 100 Å². The minimum Gasteiger partial charge on any atom is -0.493 e. The number of fused-ring (bicyclic) bond motifs is 20. The quantitative estimate of drug-likeness (QED) is 0.0306. The Labute approximate surface area is 658 Å². The van der Waals surface area contributed by atoms with Gasteiger partial charge in [-0.3, -0.25) is 0 Å². The Morgan fingerprint density at radius 3 is 0.875 bits per heavy atom. The van der Waals surface area contributed by atoms with Gasteiger partial charge in [0.25, 0.3) is 0 Å². The van der Waals surface area contributed by atoms with Crippen molar-refractivity contribution in [1.29, 1.82) is 0 Å². The molecule has 0 saturated carbocycles. The van der Waals surface area contributed by atoms with Crippen LogP contribution in [-0.2, 0) is 51.9 Å². The van der Waals surface area contributed by atoms with Crippen LogP contribution < -0.4 is 60.2 Å². The Morgan fingerprint density at radius 2 is 0.580 bits per heavy atom. The van der Waals surface area contributed by atoms with Gasteiger partial charge in [-0.25, -0.2) is 69.8 Å². The van der Waals surface area contributed by atoms with Crippen LogP contribution in [0.15, 0.2) is 120 Å². The van der Waals surface area contributed by atoms with Crippen LogP contribution in [0.4, 0.5) is 23.3 Å². The molecule has 17 rings (SSSR count). The lowest BCUT2D eigenvalue weighted by Crippen LogP contribution is -2.35. The molecule has 2 aliphatic rings. The van der Waals surface area contributed by atoms with Gasteiger partial charge in [0, 0.05) is 122 Å². The molecule has 13 heterocycles. The van der Waals surface area contributed by atoms with Gasteiger partial charge >= 0.3 is 0 Å². The molecule has 10 N–H and O–H groups in total. The largest absolute Gasteiger partial charge is 0.493 e. The van der Waals surface area contributed by atoms with Gasteiger partial charge in [0.05, 0.1) is 68.2 Å². The summed E-state index contributed by atoms with van der Waals surface area (Å²) in [5.41, 5.74) is 46.5. The molecule has 0 saturated heterocycles. The fourth-order valence-electron chi connectivity index (χ4n) is 13.8. The summed E-state index contributed by atoms with van der Waals surface area (Å²) in [4.78, 5) is 79.5. The zero-order valence-electron chi connectivity index (χ0n) is 62.7. The van der Waals surface area contributed by atoms with E-state index in [0.29, 0.717) is 194 Å². The number of rotatable bonds is 24. The molecule has 32 heteroatoms. The monoisotopic (exact) mass is 1570 g/mol. The smallest absolute Gasteiger partial charge is 0.225 e. The van der Waals surface area contributed by atoms with Gasteiger partial charge < -0.3 is 51.9 Å². The maximum Gasteiger partial charge on any atom is 0.225 e. The number of H-pyrrole nitrogens is 2. The van der Waals surface area contributed by atoms with E-state index in [1.165, 1.54) is 19.5 Å². The topological polar surface area (TPSA) is 369 Å². The summed E-state index contributed by atoms with van der Waals surface area (Å²) in [7, 11) is 0. The molecule has 112 heavy (non-hydrogen) atoms. The third-order valence-corrected chi connectivity index (χ3v) is 24.7. The normalized spacial score (nSPS) is 11.8. The van der Waals surface area contributed by atoms with Crippen molar-refractivity contribution >= 4 is 113 Å². The van der Waals surface area contributed by atoms with E-state index in [0.717, 1.165) is 88.8 Å².